The Balaban J connectivity index is 1.79. The van der Waals surface area contributed by atoms with Crippen LogP contribution in [0.1, 0.15) is 23.2 Å². The fourth-order valence-electron chi connectivity index (χ4n) is 2.90. The molecule has 2 amide bonds. The molecule has 1 aliphatic heterocycles. The standard InChI is InChI=1S/C17H24ClN3O3/c1-24-12-17(6-8-19-9-7-17)16(23)21-11-10-20-15(22)13-4-2-3-5-14(13)18/h2-5,19H,6-12H2,1H3,(H,20,22)(H,21,23). The number of nitrogens with one attached hydrogen (secondary N) is 3. The van der Waals surface area contributed by atoms with E-state index in [1.807, 2.05) is 0 Å². The molecular formula is C17H24ClN3O3. The molecule has 0 unspecified atom stereocenters. The molecule has 7 heteroatoms. The van der Waals surface area contributed by atoms with Gasteiger partial charge in [-0.05, 0) is 38.1 Å². The summed E-state index contributed by atoms with van der Waals surface area (Å²) in [7, 11) is 1.61. The topological polar surface area (TPSA) is 79.5 Å². The third-order valence-corrected chi connectivity index (χ3v) is 4.61. The second kappa shape index (κ2) is 9.01. The number of amides is 2. The predicted octanol–water partition coefficient (Wildman–Crippen LogP) is 1.20. The highest BCUT2D eigenvalue weighted by Gasteiger charge is 2.39. The van der Waals surface area contributed by atoms with E-state index < -0.39 is 5.41 Å². The zero-order valence-electron chi connectivity index (χ0n) is 13.9. The molecule has 1 aromatic rings. The monoisotopic (exact) mass is 353 g/mol. The van der Waals surface area contributed by atoms with Gasteiger partial charge in [0.15, 0.2) is 0 Å². The van der Waals surface area contributed by atoms with E-state index in [0.717, 1.165) is 25.9 Å². The van der Waals surface area contributed by atoms with Crippen molar-refractivity contribution < 1.29 is 14.3 Å². The SMILES string of the molecule is COCC1(C(=O)NCCNC(=O)c2ccccc2Cl)CCNCC1. The van der Waals surface area contributed by atoms with Crippen molar-refractivity contribution in [1.29, 1.82) is 0 Å². The quantitative estimate of drug-likeness (QED) is 0.644. The van der Waals surface area contributed by atoms with Crippen molar-refractivity contribution in [1.82, 2.24) is 16.0 Å². The number of halogens is 1. The highest BCUT2D eigenvalue weighted by atomic mass is 35.5. The fourth-order valence-corrected chi connectivity index (χ4v) is 3.12. The number of hydrogen-bond acceptors (Lipinski definition) is 4. The maximum atomic E-state index is 12.5. The van der Waals surface area contributed by atoms with Crippen molar-refractivity contribution in [2.24, 2.45) is 5.41 Å². The summed E-state index contributed by atoms with van der Waals surface area (Å²) in [5.74, 6) is -0.263. The summed E-state index contributed by atoms with van der Waals surface area (Å²) in [5.41, 5.74) is -0.0491. The number of carbonyl (C=O) groups excluding carboxylic acids is 2. The number of benzene rings is 1. The minimum Gasteiger partial charge on any atom is -0.384 e. The molecule has 2 rings (SSSR count). The molecule has 0 spiro atoms. The predicted molar refractivity (Wildman–Crippen MR) is 93.2 cm³/mol. The molecule has 1 aromatic carbocycles. The number of piperidine rings is 1. The van der Waals surface area contributed by atoms with Gasteiger partial charge >= 0.3 is 0 Å². The molecule has 132 valence electrons. The molecule has 1 fully saturated rings. The van der Waals surface area contributed by atoms with Crippen LogP contribution in [0.2, 0.25) is 5.02 Å². The van der Waals surface area contributed by atoms with Crippen molar-refractivity contribution in [2.45, 2.75) is 12.8 Å². The lowest BCUT2D eigenvalue weighted by atomic mass is 9.78. The van der Waals surface area contributed by atoms with Crippen molar-refractivity contribution in [3.05, 3.63) is 34.9 Å². The largest absolute Gasteiger partial charge is 0.384 e. The smallest absolute Gasteiger partial charge is 0.252 e. The van der Waals surface area contributed by atoms with E-state index in [1.54, 1.807) is 31.4 Å². The number of ether oxygens (including phenoxy) is 1. The summed E-state index contributed by atoms with van der Waals surface area (Å²) in [5, 5.41) is 9.33. The van der Waals surface area contributed by atoms with Crippen LogP contribution in [0.25, 0.3) is 0 Å². The van der Waals surface area contributed by atoms with E-state index in [1.165, 1.54) is 0 Å². The Morgan fingerprint density at radius 1 is 1.21 bits per heavy atom. The molecule has 0 aromatic heterocycles. The van der Waals surface area contributed by atoms with E-state index in [2.05, 4.69) is 16.0 Å². The van der Waals surface area contributed by atoms with Crippen molar-refractivity contribution in [2.75, 3.05) is 39.9 Å². The van der Waals surface area contributed by atoms with Gasteiger partial charge in [0.2, 0.25) is 5.91 Å². The summed E-state index contributed by atoms with van der Waals surface area (Å²) in [6.45, 7) is 2.73. The summed E-state index contributed by atoms with van der Waals surface area (Å²) in [6, 6.07) is 6.87. The normalized spacial score (nSPS) is 16.4. The van der Waals surface area contributed by atoms with Crippen LogP contribution in [-0.4, -0.2) is 51.7 Å². The Hall–Kier alpha value is -1.63. The molecular weight excluding hydrogens is 330 g/mol. The van der Waals surface area contributed by atoms with Gasteiger partial charge in [0, 0.05) is 20.2 Å². The number of carbonyl (C=O) groups is 2. The highest BCUT2D eigenvalue weighted by molar-refractivity contribution is 6.33. The lowest BCUT2D eigenvalue weighted by Gasteiger charge is -2.35. The first-order valence-corrected chi connectivity index (χ1v) is 8.47. The average molecular weight is 354 g/mol. The van der Waals surface area contributed by atoms with Crippen LogP contribution in [0, 0.1) is 5.41 Å². The van der Waals surface area contributed by atoms with Gasteiger partial charge in [-0.1, -0.05) is 23.7 Å². The van der Waals surface area contributed by atoms with Crippen LogP contribution >= 0.6 is 11.6 Å². The Morgan fingerprint density at radius 2 is 1.88 bits per heavy atom. The third-order valence-electron chi connectivity index (χ3n) is 4.28. The molecule has 0 aliphatic carbocycles. The Kier molecular flexibility index (Phi) is 7.02. The fraction of sp³-hybridized carbons (Fsp3) is 0.529. The molecule has 0 atom stereocenters. The minimum absolute atomic E-state index is 0.0159. The van der Waals surface area contributed by atoms with Gasteiger partial charge < -0.3 is 20.7 Å². The number of methoxy groups -OCH3 is 1. The molecule has 1 saturated heterocycles. The van der Waals surface area contributed by atoms with Gasteiger partial charge in [-0.15, -0.1) is 0 Å². The van der Waals surface area contributed by atoms with Crippen LogP contribution in [0.5, 0.6) is 0 Å². The van der Waals surface area contributed by atoms with E-state index in [-0.39, 0.29) is 11.8 Å². The van der Waals surface area contributed by atoms with E-state index in [0.29, 0.717) is 30.3 Å². The van der Waals surface area contributed by atoms with Crippen LogP contribution in [0.15, 0.2) is 24.3 Å². The van der Waals surface area contributed by atoms with Crippen LogP contribution in [0.3, 0.4) is 0 Å². The molecule has 0 radical (unpaired) electrons. The average Bonchev–Trinajstić information content (AvgIpc) is 2.59. The van der Waals surface area contributed by atoms with E-state index in [9.17, 15) is 9.59 Å². The molecule has 0 saturated carbocycles. The highest BCUT2D eigenvalue weighted by Crippen LogP contribution is 2.29. The van der Waals surface area contributed by atoms with Gasteiger partial charge in [-0.3, -0.25) is 9.59 Å². The molecule has 24 heavy (non-hydrogen) atoms. The molecule has 1 heterocycles. The third kappa shape index (κ3) is 4.69. The first-order valence-electron chi connectivity index (χ1n) is 8.10. The molecule has 3 N–H and O–H groups in total. The first-order chi connectivity index (χ1) is 11.6. The Morgan fingerprint density at radius 3 is 2.54 bits per heavy atom. The Labute approximate surface area is 147 Å². The number of rotatable bonds is 7. The van der Waals surface area contributed by atoms with Gasteiger partial charge in [0.1, 0.15) is 0 Å². The zero-order chi connectivity index (χ0) is 17.4. The number of hydrogen-bond donors (Lipinski definition) is 3. The second-order valence-electron chi connectivity index (χ2n) is 5.95. The summed E-state index contributed by atoms with van der Waals surface area (Å²) in [4.78, 5) is 24.6. The van der Waals surface area contributed by atoms with E-state index in [4.69, 9.17) is 16.3 Å². The van der Waals surface area contributed by atoms with Gasteiger partial charge in [-0.2, -0.15) is 0 Å². The molecule has 1 aliphatic rings. The van der Waals surface area contributed by atoms with Crippen molar-refractivity contribution >= 4 is 23.4 Å². The van der Waals surface area contributed by atoms with Gasteiger partial charge in [0.25, 0.3) is 5.91 Å². The van der Waals surface area contributed by atoms with Gasteiger partial charge in [-0.25, -0.2) is 0 Å². The second-order valence-corrected chi connectivity index (χ2v) is 6.36. The maximum Gasteiger partial charge on any atom is 0.252 e. The van der Waals surface area contributed by atoms with Crippen LogP contribution in [0.4, 0.5) is 0 Å². The zero-order valence-corrected chi connectivity index (χ0v) is 14.6. The lowest BCUT2D eigenvalue weighted by Crippen LogP contribution is -2.51. The summed E-state index contributed by atoms with van der Waals surface area (Å²) < 4.78 is 5.25. The van der Waals surface area contributed by atoms with Crippen molar-refractivity contribution in [3.8, 4) is 0 Å². The maximum absolute atomic E-state index is 12.5. The summed E-state index contributed by atoms with van der Waals surface area (Å²) in [6.07, 6.45) is 1.50. The van der Waals surface area contributed by atoms with Gasteiger partial charge in [0.05, 0.1) is 22.6 Å². The first kappa shape index (κ1) is 18.7. The van der Waals surface area contributed by atoms with Crippen LogP contribution in [-0.2, 0) is 9.53 Å². The Bertz CT molecular complexity index is 568. The van der Waals surface area contributed by atoms with E-state index >= 15 is 0 Å². The minimum atomic E-state index is -0.479. The van der Waals surface area contributed by atoms with Crippen LogP contribution < -0.4 is 16.0 Å². The molecule has 0 bridgehead atoms. The lowest BCUT2D eigenvalue weighted by molar-refractivity contribution is -0.136. The van der Waals surface area contributed by atoms with Crippen molar-refractivity contribution in [3.63, 3.8) is 0 Å². The molecule has 6 nitrogen and oxygen atoms in total. The summed E-state index contributed by atoms with van der Waals surface area (Å²) >= 11 is 5.99.